The van der Waals surface area contributed by atoms with E-state index < -0.39 is 37.9 Å². The van der Waals surface area contributed by atoms with Crippen LogP contribution in [0.5, 0.6) is 0 Å². The van der Waals surface area contributed by atoms with Crippen molar-refractivity contribution in [1.29, 1.82) is 0 Å². The van der Waals surface area contributed by atoms with E-state index in [1.165, 1.54) is 6.20 Å². The number of sulfone groups is 1. The molecule has 1 heterocycles. The number of amides is 1. The molecule has 0 saturated heterocycles. The van der Waals surface area contributed by atoms with Gasteiger partial charge in [0, 0.05) is 6.26 Å². The van der Waals surface area contributed by atoms with Gasteiger partial charge in [-0.2, -0.15) is 13.2 Å². The summed E-state index contributed by atoms with van der Waals surface area (Å²) in [6.07, 6.45) is -2.48. The van der Waals surface area contributed by atoms with Crippen LogP contribution in [0.1, 0.15) is 27.6 Å². The standard InChI is InChI=1S/C14H13F3N2O4S/c1-8-6-18-12(23-8)7-19-13(20)10-5-9(14(15,16)17)3-4-11(10)24(2,21)22/h3-6H,7H2,1-2H3,(H,19,20). The molecule has 0 radical (unpaired) electrons. The van der Waals surface area contributed by atoms with Crippen molar-refractivity contribution in [1.82, 2.24) is 10.3 Å². The number of rotatable bonds is 4. The van der Waals surface area contributed by atoms with E-state index in [0.29, 0.717) is 17.9 Å². The van der Waals surface area contributed by atoms with Crippen molar-refractivity contribution in [3.05, 3.63) is 47.2 Å². The van der Waals surface area contributed by atoms with Crippen LogP contribution in [0.15, 0.2) is 33.7 Å². The fourth-order valence-electron chi connectivity index (χ4n) is 1.94. The van der Waals surface area contributed by atoms with Gasteiger partial charge in [0.2, 0.25) is 5.89 Å². The van der Waals surface area contributed by atoms with Crippen LogP contribution >= 0.6 is 0 Å². The normalized spacial score (nSPS) is 12.2. The molecule has 0 aliphatic heterocycles. The summed E-state index contributed by atoms with van der Waals surface area (Å²) >= 11 is 0. The maximum atomic E-state index is 12.8. The third-order valence-electron chi connectivity index (χ3n) is 3.02. The third-order valence-corrected chi connectivity index (χ3v) is 4.18. The SMILES string of the molecule is Cc1cnc(CNC(=O)c2cc(C(F)(F)F)ccc2S(C)(=O)=O)o1. The average molecular weight is 362 g/mol. The summed E-state index contributed by atoms with van der Waals surface area (Å²) in [6.45, 7) is 1.44. The summed E-state index contributed by atoms with van der Waals surface area (Å²) in [5.74, 6) is -0.332. The molecular formula is C14H13F3N2O4S. The summed E-state index contributed by atoms with van der Waals surface area (Å²) in [5, 5.41) is 2.29. The number of nitrogens with one attached hydrogen (secondary N) is 1. The average Bonchev–Trinajstić information content (AvgIpc) is 2.88. The number of aromatic nitrogens is 1. The Hall–Kier alpha value is -2.36. The molecule has 24 heavy (non-hydrogen) atoms. The molecule has 130 valence electrons. The van der Waals surface area contributed by atoms with Crippen molar-refractivity contribution in [3.63, 3.8) is 0 Å². The van der Waals surface area contributed by atoms with Crippen LogP contribution in [0.25, 0.3) is 0 Å². The van der Waals surface area contributed by atoms with Crippen LogP contribution in [0.3, 0.4) is 0 Å². The van der Waals surface area contributed by atoms with Gasteiger partial charge in [0.05, 0.1) is 28.8 Å². The zero-order chi connectivity index (χ0) is 18.1. The Balaban J connectivity index is 2.36. The maximum Gasteiger partial charge on any atom is 0.416 e. The Morgan fingerprint density at radius 2 is 2.00 bits per heavy atom. The summed E-state index contributed by atoms with van der Waals surface area (Å²) < 4.78 is 67.0. The van der Waals surface area contributed by atoms with Crippen molar-refractivity contribution in [2.24, 2.45) is 0 Å². The summed E-state index contributed by atoms with van der Waals surface area (Å²) in [6, 6.07) is 1.89. The third kappa shape index (κ3) is 4.13. The highest BCUT2D eigenvalue weighted by Crippen LogP contribution is 2.31. The molecule has 1 amide bonds. The fraction of sp³-hybridized carbons (Fsp3) is 0.286. The molecule has 1 aromatic heterocycles. The van der Waals surface area contributed by atoms with E-state index in [1.807, 2.05) is 0 Å². The number of benzene rings is 1. The number of alkyl halides is 3. The number of hydrogen-bond acceptors (Lipinski definition) is 5. The summed E-state index contributed by atoms with van der Waals surface area (Å²) in [4.78, 5) is 15.5. The van der Waals surface area contributed by atoms with Gasteiger partial charge in [-0.1, -0.05) is 0 Å². The lowest BCUT2D eigenvalue weighted by atomic mass is 10.1. The van der Waals surface area contributed by atoms with Crippen molar-refractivity contribution < 1.29 is 30.8 Å². The van der Waals surface area contributed by atoms with Crippen LogP contribution in [-0.4, -0.2) is 25.6 Å². The Morgan fingerprint density at radius 3 is 2.50 bits per heavy atom. The van der Waals surface area contributed by atoms with Gasteiger partial charge in [0.25, 0.3) is 5.91 Å². The van der Waals surface area contributed by atoms with Gasteiger partial charge >= 0.3 is 6.18 Å². The Morgan fingerprint density at radius 1 is 1.33 bits per heavy atom. The fourth-order valence-corrected chi connectivity index (χ4v) is 2.81. The number of carbonyl (C=O) groups excluding carboxylic acids is 1. The minimum atomic E-state index is -4.70. The van der Waals surface area contributed by atoms with Crippen LogP contribution in [0.4, 0.5) is 13.2 Å². The molecular weight excluding hydrogens is 349 g/mol. The molecule has 0 spiro atoms. The monoisotopic (exact) mass is 362 g/mol. The topological polar surface area (TPSA) is 89.3 Å². The minimum Gasteiger partial charge on any atom is -0.444 e. The molecule has 2 rings (SSSR count). The summed E-state index contributed by atoms with van der Waals surface area (Å²) in [5.41, 5.74) is -1.71. The van der Waals surface area contributed by atoms with E-state index in [1.54, 1.807) is 6.92 Å². The molecule has 0 bridgehead atoms. The van der Waals surface area contributed by atoms with Gasteiger partial charge in [0.1, 0.15) is 5.76 Å². The molecule has 0 aliphatic rings. The van der Waals surface area contributed by atoms with Gasteiger partial charge in [-0.25, -0.2) is 13.4 Å². The van der Waals surface area contributed by atoms with Gasteiger partial charge < -0.3 is 9.73 Å². The number of aryl methyl sites for hydroxylation is 1. The van der Waals surface area contributed by atoms with Crippen molar-refractivity contribution in [2.45, 2.75) is 24.5 Å². The van der Waals surface area contributed by atoms with E-state index in [4.69, 9.17) is 4.42 Å². The van der Waals surface area contributed by atoms with Crippen LogP contribution in [0, 0.1) is 6.92 Å². The number of nitrogens with zero attached hydrogens (tertiary/aromatic N) is 1. The van der Waals surface area contributed by atoms with Gasteiger partial charge in [-0.05, 0) is 25.1 Å². The number of oxazole rings is 1. The molecule has 0 saturated carbocycles. The second-order valence-electron chi connectivity index (χ2n) is 5.03. The molecule has 0 unspecified atom stereocenters. The Bertz CT molecular complexity index is 872. The summed E-state index contributed by atoms with van der Waals surface area (Å²) in [7, 11) is -3.89. The Labute approximate surface area is 135 Å². The van der Waals surface area contributed by atoms with Gasteiger partial charge in [-0.15, -0.1) is 0 Å². The quantitative estimate of drug-likeness (QED) is 0.902. The van der Waals surface area contributed by atoms with Crippen molar-refractivity contribution in [3.8, 4) is 0 Å². The zero-order valence-electron chi connectivity index (χ0n) is 12.6. The molecule has 1 N–H and O–H groups in total. The number of carbonyl (C=O) groups is 1. The highest BCUT2D eigenvalue weighted by atomic mass is 32.2. The van der Waals surface area contributed by atoms with Crippen LogP contribution in [-0.2, 0) is 22.6 Å². The lowest BCUT2D eigenvalue weighted by molar-refractivity contribution is -0.137. The molecule has 0 aliphatic carbocycles. The van der Waals surface area contributed by atoms with E-state index >= 15 is 0 Å². The van der Waals surface area contributed by atoms with Crippen molar-refractivity contribution in [2.75, 3.05) is 6.26 Å². The van der Waals surface area contributed by atoms with Crippen molar-refractivity contribution >= 4 is 15.7 Å². The maximum absolute atomic E-state index is 12.8. The second kappa shape index (κ2) is 6.27. The van der Waals surface area contributed by atoms with Crippen LogP contribution < -0.4 is 5.32 Å². The highest BCUT2D eigenvalue weighted by Gasteiger charge is 2.33. The highest BCUT2D eigenvalue weighted by molar-refractivity contribution is 7.90. The Kier molecular flexibility index (Phi) is 4.70. The first-order valence-electron chi connectivity index (χ1n) is 6.59. The first-order chi connectivity index (χ1) is 11.0. The first-order valence-corrected chi connectivity index (χ1v) is 8.48. The number of halogens is 3. The second-order valence-corrected chi connectivity index (χ2v) is 7.01. The molecule has 1 aromatic carbocycles. The lowest BCUT2D eigenvalue weighted by Gasteiger charge is -2.12. The first kappa shape index (κ1) is 18.0. The lowest BCUT2D eigenvalue weighted by Crippen LogP contribution is -2.25. The molecule has 0 atom stereocenters. The predicted octanol–water partition coefficient (Wildman–Crippen LogP) is 2.34. The van der Waals surface area contributed by atoms with E-state index in [0.717, 1.165) is 12.3 Å². The van der Waals surface area contributed by atoms with Gasteiger partial charge in [0.15, 0.2) is 9.84 Å². The minimum absolute atomic E-state index is 0.147. The van der Waals surface area contributed by atoms with E-state index in [-0.39, 0.29) is 12.4 Å². The van der Waals surface area contributed by atoms with Gasteiger partial charge in [-0.3, -0.25) is 4.79 Å². The number of hydrogen-bond donors (Lipinski definition) is 1. The smallest absolute Gasteiger partial charge is 0.416 e. The zero-order valence-corrected chi connectivity index (χ0v) is 13.5. The molecule has 0 fully saturated rings. The van der Waals surface area contributed by atoms with Crippen LogP contribution in [0.2, 0.25) is 0 Å². The van der Waals surface area contributed by atoms with E-state index in [9.17, 15) is 26.4 Å². The molecule has 6 nitrogen and oxygen atoms in total. The molecule has 10 heteroatoms. The largest absolute Gasteiger partial charge is 0.444 e. The van der Waals surface area contributed by atoms with E-state index in [2.05, 4.69) is 10.3 Å². The molecule has 2 aromatic rings. The predicted molar refractivity (Wildman–Crippen MR) is 77.0 cm³/mol.